The van der Waals surface area contributed by atoms with Gasteiger partial charge in [-0.25, -0.2) is 0 Å². The zero-order valence-electron chi connectivity index (χ0n) is 11.9. The molecule has 1 N–H and O–H groups in total. The highest BCUT2D eigenvalue weighted by molar-refractivity contribution is 7.99. The Morgan fingerprint density at radius 1 is 1.33 bits per heavy atom. The van der Waals surface area contributed by atoms with E-state index in [-0.39, 0.29) is 11.6 Å². The van der Waals surface area contributed by atoms with Crippen LogP contribution in [0.1, 0.15) is 42.5 Å². The second-order valence-electron chi connectivity index (χ2n) is 5.19. The lowest BCUT2D eigenvalue weighted by Crippen LogP contribution is -2.26. The van der Waals surface area contributed by atoms with E-state index in [0.29, 0.717) is 12.1 Å². The van der Waals surface area contributed by atoms with E-state index >= 15 is 0 Å². The maximum absolute atomic E-state index is 11.9. The van der Waals surface area contributed by atoms with Crippen LogP contribution >= 0.6 is 11.8 Å². The molecule has 0 radical (unpaired) electrons. The molecule has 1 aromatic carbocycles. The summed E-state index contributed by atoms with van der Waals surface area (Å²) in [6, 6.07) is 5.82. The molecule has 1 aromatic rings. The molecule has 1 aliphatic rings. The van der Waals surface area contributed by atoms with Gasteiger partial charge in [-0.3, -0.25) is 14.9 Å². The summed E-state index contributed by atoms with van der Waals surface area (Å²) in [5, 5.41) is 14.2. The molecule has 2 rings (SSSR count). The molecule has 114 valence electrons. The molecule has 0 heterocycles. The maximum Gasteiger partial charge on any atom is 0.270 e. The Hall–Kier alpha value is -1.56. The third kappa shape index (κ3) is 5.04. The molecular weight excluding hydrogens is 288 g/mol. The second kappa shape index (κ2) is 8.02. The van der Waals surface area contributed by atoms with Crippen LogP contribution in [0.15, 0.2) is 24.3 Å². The molecular formula is C15H20N2O3S. The Morgan fingerprint density at radius 3 is 2.81 bits per heavy atom. The highest BCUT2D eigenvalue weighted by Gasteiger charge is 2.14. The average molecular weight is 308 g/mol. The first kappa shape index (κ1) is 15.8. The fraction of sp³-hybridized carbons (Fsp3) is 0.533. The maximum atomic E-state index is 11.9. The zero-order valence-corrected chi connectivity index (χ0v) is 12.7. The fourth-order valence-corrected chi connectivity index (χ4v) is 3.70. The van der Waals surface area contributed by atoms with Crippen LogP contribution in [0.3, 0.4) is 0 Å². The lowest BCUT2D eigenvalue weighted by molar-refractivity contribution is -0.384. The summed E-state index contributed by atoms with van der Waals surface area (Å²) < 4.78 is 0. The van der Waals surface area contributed by atoms with E-state index in [0.717, 1.165) is 11.0 Å². The standard InChI is InChI=1S/C15H20N2O3S/c18-15(12-5-4-6-13(11-12)17(19)20)16-9-10-21-14-7-2-1-3-8-14/h4-6,11,14H,1-3,7-10H2,(H,16,18). The molecule has 1 fully saturated rings. The van der Waals surface area contributed by atoms with Gasteiger partial charge in [0.2, 0.25) is 0 Å². The van der Waals surface area contributed by atoms with Gasteiger partial charge in [0.1, 0.15) is 0 Å². The highest BCUT2D eigenvalue weighted by atomic mass is 32.2. The Kier molecular flexibility index (Phi) is 6.04. The largest absolute Gasteiger partial charge is 0.351 e. The summed E-state index contributed by atoms with van der Waals surface area (Å²) >= 11 is 1.92. The molecule has 6 heteroatoms. The monoisotopic (exact) mass is 308 g/mol. The van der Waals surface area contributed by atoms with Gasteiger partial charge in [-0.05, 0) is 18.9 Å². The number of hydrogen-bond acceptors (Lipinski definition) is 4. The molecule has 0 unspecified atom stereocenters. The van der Waals surface area contributed by atoms with Gasteiger partial charge in [0.25, 0.3) is 11.6 Å². The third-order valence-electron chi connectivity index (χ3n) is 3.61. The summed E-state index contributed by atoms with van der Waals surface area (Å²) in [4.78, 5) is 22.1. The topological polar surface area (TPSA) is 72.2 Å². The SMILES string of the molecule is O=C(NCCSC1CCCCC1)c1cccc([N+](=O)[O-])c1. The fourth-order valence-electron chi connectivity index (χ4n) is 2.48. The van der Waals surface area contributed by atoms with Crippen molar-refractivity contribution in [1.29, 1.82) is 0 Å². The molecule has 0 aliphatic heterocycles. The van der Waals surface area contributed by atoms with Crippen LogP contribution in [-0.2, 0) is 0 Å². The van der Waals surface area contributed by atoms with Crippen molar-refractivity contribution in [2.24, 2.45) is 0 Å². The minimum Gasteiger partial charge on any atom is -0.351 e. The van der Waals surface area contributed by atoms with Gasteiger partial charge in [0, 0.05) is 35.2 Å². The molecule has 1 amide bonds. The van der Waals surface area contributed by atoms with E-state index in [9.17, 15) is 14.9 Å². The molecule has 0 spiro atoms. The van der Waals surface area contributed by atoms with Crippen molar-refractivity contribution in [3.63, 3.8) is 0 Å². The van der Waals surface area contributed by atoms with Crippen LogP contribution < -0.4 is 5.32 Å². The van der Waals surface area contributed by atoms with Gasteiger partial charge < -0.3 is 5.32 Å². The summed E-state index contributed by atoms with van der Waals surface area (Å²) in [6.07, 6.45) is 6.54. The summed E-state index contributed by atoms with van der Waals surface area (Å²) in [5.41, 5.74) is 0.283. The number of rotatable bonds is 6. The van der Waals surface area contributed by atoms with Crippen LogP contribution in [0, 0.1) is 10.1 Å². The molecule has 0 bridgehead atoms. The minimum atomic E-state index is -0.490. The molecule has 1 aliphatic carbocycles. The number of amides is 1. The number of non-ortho nitro benzene ring substituents is 1. The number of benzene rings is 1. The van der Waals surface area contributed by atoms with E-state index in [1.807, 2.05) is 11.8 Å². The number of nitro benzene ring substituents is 1. The van der Waals surface area contributed by atoms with Crippen molar-refractivity contribution in [2.75, 3.05) is 12.3 Å². The molecule has 21 heavy (non-hydrogen) atoms. The van der Waals surface area contributed by atoms with Gasteiger partial charge in [-0.2, -0.15) is 11.8 Å². The lowest BCUT2D eigenvalue weighted by Gasteiger charge is -2.20. The van der Waals surface area contributed by atoms with Crippen LogP contribution in [0.2, 0.25) is 0 Å². The van der Waals surface area contributed by atoms with Gasteiger partial charge in [-0.1, -0.05) is 25.3 Å². The van der Waals surface area contributed by atoms with Crippen LogP contribution in [-0.4, -0.2) is 28.4 Å². The second-order valence-corrected chi connectivity index (χ2v) is 6.60. The number of carbonyl (C=O) groups excluding carboxylic acids is 1. The van der Waals surface area contributed by atoms with E-state index in [2.05, 4.69) is 5.32 Å². The number of nitro groups is 1. The Bertz CT molecular complexity index is 501. The predicted molar refractivity (Wildman–Crippen MR) is 84.8 cm³/mol. The first-order chi connectivity index (χ1) is 10.2. The number of nitrogens with zero attached hydrogens (tertiary/aromatic N) is 1. The number of thioether (sulfide) groups is 1. The predicted octanol–water partition coefficient (Wildman–Crippen LogP) is 3.39. The number of hydrogen-bond donors (Lipinski definition) is 1. The smallest absolute Gasteiger partial charge is 0.270 e. The Balaban J connectivity index is 1.74. The van der Waals surface area contributed by atoms with E-state index < -0.39 is 4.92 Å². The van der Waals surface area contributed by atoms with E-state index in [1.54, 1.807) is 6.07 Å². The normalized spacial score (nSPS) is 15.6. The quantitative estimate of drug-likeness (QED) is 0.497. The van der Waals surface area contributed by atoms with Crippen molar-refractivity contribution < 1.29 is 9.72 Å². The lowest BCUT2D eigenvalue weighted by atomic mass is 10.0. The van der Waals surface area contributed by atoms with Crippen molar-refractivity contribution in [3.05, 3.63) is 39.9 Å². The summed E-state index contributed by atoms with van der Waals surface area (Å²) in [5.74, 6) is 0.647. The first-order valence-corrected chi connectivity index (χ1v) is 8.36. The molecule has 0 aromatic heterocycles. The molecule has 5 nitrogen and oxygen atoms in total. The van der Waals surface area contributed by atoms with Crippen LogP contribution in [0.25, 0.3) is 0 Å². The number of carbonyl (C=O) groups is 1. The van der Waals surface area contributed by atoms with Gasteiger partial charge in [-0.15, -0.1) is 0 Å². The van der Waals surface area contributed by atoms with Crippen LogP contribution in [0.4, 0.5) is 5.69 Å². The van der Waals surface area contributed by atoms with Gasteiger partial charge >= 0.3 is 0 Å². The summed E-state index contributed by atoms with van der Waals surface area (Å²) in [6.45, 7) is 0.600. The van der Waals surface area contributed by atoms with Gasteiger partial charge in [0.05, 0.1) is 4.92 Å². The van der Waals surface area contributed by atoms with E-state index in [4.69, 9.17) is 0 Å². The first-order valence-electron chi connectivity index (χ1n) is 7.31. The van der Waals surface area contributed by atoms with Crippen molar-refractivity contribution in [3.8, 4) is 0 Å². The van der Waals surface area contributed by atoms with Crippen molar-refractivity contribution in [2.45, 2.75) is 37.4 Å². The van der Waals surface area contributed by atoms with E-state index in [1.165, 1.54) is 50.3 Å². The van der Waals surface area contributed by atoms with Crippen molar-refractivity contribution >= 4 is 23.4 Å². The van der Waals surface area contributed by atoms with Crippen LogP contribution in [0.5, 0.6) is 0 Å². The highest BCUT2D eigenvalue weighted by Crippen LogP contribution is 2.27. The molecule has 1 saturated carbocycles. The third-order valence-corrected chi connectivity index (χ3v) is 5.00. The van der Waals surface area contributed by atoms with Gasteiger partial charge in [0.15, 0.2) is 0 Å². The summed E-state index contributed by atoms with van der Waals surface area (Å²) in [7, 11) is 0. The van der Waals surface area contributed by atoms with Crippen molar-refractivity contribution in [1.82, 2.24) is 5.32 Å². The zero-order chi connectivity index (χ0) is 15.1. The number of nitrogens with one attached hydrogen (secondary N) is 1. The minimum absolute atomic E-state index is 0.0563. The molecule has 0 atom stereocenters. The Morgan fingerprint density at radius 2 is 2.10 bits per heavy atom. The average Bonchev–Trinajstić information content (AvgIpc) is 2.52. The Labute approximate surface area is 128 Å². The molecule has 0 saturated heterocycles.